The van der Waals surface area contributed by atoms with Crippen molar-refractivity contribution in [3.8, 4) is 6.07 Å². The van der Waals surface area contributed by atoms with Crippen LogP contribution in [0.25, 0.3) is 0 Å². The van der Waals surface area contributed by atoms with Crippen LogP contribution in [0, 0.1) is 21.4 Å². The lowest BCUT2D eigenvalue weighted by atomic mass is 10.2. The molecule has 5 nitrogen and oxygen atoms in total. The monoisotopic (exact) mass is 245 g/mol. The van der Waals surface area contributed by atoms with Crippen LogP contribution < -0.4 is 0 Å². The summed E-state index contributed by atoms with van der Waals surface area (Å²) in [4.78, 5) is 12.4. The van der Waals surface area contributed by atoms with Crippen molar-refractivity contribution < 1.29 is 4.92 Å². The van der Waals surface area contributed by atoms with Gasteiger partial charge in [0.15, 0.2) is 0 Å². The van der Waals surface area contributed by atoms with Gasteiger partial charge in [-0.3, -0.25) is 15.0 Å². The minimum Gasteiger partial charge on any atom is -0.295 e. The second kappa shape index (κ2) is 5.61. The molecule has 1 aliphatic carbocycles. The van der Waals surface area contributed by atoms with E-state index in [0.717, 1.165) is 18.7 Å². The molecule has 18 heavy (non-hydrogen) atoms. The van der Waals surface area contributed by atoms with Gasteiger partial charge >= 0.3 is 0 Å². The van der Waals surface area contributed by atoms with Gasteiger partial charge in [-0.25, -0.2) is 0 Å². The number of nitro benzene ring substituents is 1. The Hall–Kier alpha value is -1.93. The summed E-state index contributed by atoms with van der Waals surface area (Å²) in [5.41, 5.74) is 1.18. The average Bonchev–Trinajstić information content (AvgIpc) is 3.19. The van der Waals surface area contributed by atoms with E-state index in [1.54, 1.807) is 12.1 Å². The van der Waals surface area contributed by atoms with Gasteiger partial charge < -0.3 is 0 Å². The highest BCUT2D eigenvalue weighted by atomic mass is 16.6. The van der Waals surface area contributed by atoms with E-state index >= 15 is 0 Å². The van der Waals surface area contributed by atoms with Crippen LogP contribution in [-0.2, 0) is 6.54 Å². The standard InChI is InChI=1S/C13H15N3O2/c14-8-1-9-15(12-6-7-12)10-11-2-4-13(5-3-11)16(17)18/h2-5,12H,1,6-7,9-10H2. The molecule has 0 spiro atoms. The van der Waals surface area contributed by atoms with Crippen molar-refractivity contribution in [1.82, 2.24) is 4.90 Å². The average molecular weight is 245 g/mol. The minimum atomic E-state index is -0.391. The van der Waals surface area contributed by atoms with Gasteiger partial charge in [-0.05, 0) is 18.4 Å². The zero-order valence-corrected chi connectivity index (χ0v) is 10.1. The van der Waals surface area contributed by atoms with Gasteiger partial charge in [-0.2, -0.15) is 5.26 Å². The fraction of sp³-hybridized carbons (Fsp3) is 0.462. The van der Waals surface area contributed by atoms with Crippen molar-refractivity contribution in [2.24, 2.45) is 0 Å². The molecule has 0 heterocycles. The van der Waals surface area contributed by atoms with Crippen LogP contribution in [0.3, 0.4) is 0 Å². The number of hydrogen-bond acceptors (Lipinski definition) is 4. The van der Waals surface area contributed by atoms with Crippen molar-refractivity contribution in [2.75, 3.05) is 6.54 Å². The van der Waals surface area contributed by atoms with Crippen LogP contribution in [0.15, 0.2) is 24.3 Å². The molecule has 1 aromatic rings. The zero-order valence-electron chi connectivity index (χ0n) is 10.1. The summed E-state index contributed by atoms with van der Waals surface area (Å²) in [5.74, 6) is 0. The molecule has 0 N–H and O–H groups in total. The summed E-state index contributed by atoms with van der Waals surface area (Å²) >= 11 is 0. The van der Waals surface area contributed by atoms with E-state index in [1.807, 2.05) is 0 Å². The minimum absolute atomic E-state index is 0.119. The van der Waals surface area contributed by atoms with Crippen LogP contribution in [0.1, 0.15) is 24.8 Å². The van der Waals surface area contributed by atoms with Gasteiger partial charge in [-0.15, -0.1) is 0 Å². The summed E-state index contributed by atoms with van der Waals surface area (Å²) in [6.07, 6.45) is 2.92. The fourth-order valence-corrected chi connectivity index (χ4v) is 1.98. The Morgan fingerprint density at radius 2 is 2.06 bits per heavy atom. The summed E-state index contributed by atoms with van der Waals surface area (Å²) in [6.45, 7) is 1.54. The smallest absolute Gasteiger partial charge is 0.269 e. The normalized spacial score (nSPS) is 14.4. The lowest BCUT2D eigenvalue weighted by Crippen LogP contribution is -2.26. The molecule has 1 aromatic carbocycles. The van der Waals surface area contributed by atoms with E-state index in [2.05, 4.69) is 11.0 Å². The molecule has 94 valence electrons. The largest absolute Gasteiger partial charge is 0.295 e. The molecule has 0 radical (unpaired) electrons. The van der Waals surface area contributed by atoms with Gasteiger partial charge in [0.2, 0.25) is 0 Å². The Kier molecular flexibility index (Phi) is 3.90. The summed E-state index contributed by atoms with van der Waals surface area (Å²) in [6, 6.07) is 9.40. The highest BCUT2D eigenvalue weighted by Gasteiger charge is 2.28. The summed E-state index contributed by atoms with van der Waals surface area (Å²) in [5, 5.41) is 19.2. The number of nitriles is 1. The first kappa shape index (κ1) is 12.5. The number of non-ortho nitro benzene ring substituents is 1. The predicted octanol–water partition coefficient (Wildman–Crippen LogP) is 2.47. The molecule has 0 aliphatic heterocycles. The Morgan fingerprint density at radius 3 is 2.56 bits per heavy atom. The third kappa shape index (κ3) is 3.28. The third-order valence-electron chi connectivity index (χ3n) is 3.11. The molecule has 2 rings (SSSR count). The SMILES string of the molecule is N#CCCN(Cc1ccc([N+](=O)[O-])cc1)C1CC1. The van der Waals surface area contributed by atoms with E-state index < -0.39 is 4.92 Å². The highest BCUT2D eigenvalue weighted by Crippen LogP contribution is 2.28. The molecular weight excluding hydrogens is 230 g/mol. The molecule has 1 fully saturated rings. The molecular formula is C13H15N3O2. The Labute approximate surface area is 106 Å². The number of nitro groups is 1. The molecule has 1 saturated carbocycles. The topological polar surface area (TPSA) is 70.2 Å². The Bertz CT molecular complexity index is 460. The maximum atomic E-state index is 10.6. The first-order chi connectivity index (χ1) is 8.70. The van der Waals surface area contributed by atoms with E-state index in [1.165, 1.54) is 25.0 Å². The second-order valence-corrected chi connectivity index (χ2v) is 4.53. The number of rotatable bonds is 6. The first-order valence-electron chi connectivity index (χ1n) is 6.05. The summed E-state index contributed by atoms with van der Waals surface area (Å²) in [7, 11) is 0. The van der Waals surface area contributed by atoms with Gasteiger partial charge in [0.1, 0.15) is 0 Å². The molecule has 0 saturated heterocycles. The Balaban J connectivity index is 1.98. The van der Waals surface area contributed by atoms with Crippen LogP contribution in [0.4, 0.5) is 5.69 Å². The Morgan fingerprint density at radius 1 is 1.39 bits per heavy atom. The molecule has 5 heteroatoms. The predicted molar refractivity (Wildman–Crippen MR) is 66.8 cm³/mol. The van der Waals surface area contributed by atoms with E-state index in [9.17, 15) is 10.1 Å². The van der Waals surface area contributed by atoms with Crippen molar-refractivity contribution in [3.05, 3.63) is 39.9 Å². The van der Waals surface area contributed by atoms with Crippen molar-refractivity contribution in [3.63, 3.8) is 0 Å². The maximum absolute atomic E-state index is 10.6. The van der Waals surface area contributed by atoms with Crippen LogP contribution in [0.2, 0.25) is 0 Å². The number of benzene rings is 1. The quantitative estimate of drug-likeness (QED) is 0.570. The lowest BCUT2D eigenvalue weighted by molar-refractivity contribution is -0.384. The van der Waals surface area contributed by atoms with Crippen molar-refractivity contribution in [2.45, 2.75) is 31.8 Å². The highest BCUT2D eigenvalue weighted by molar-refractivity contribution is 5.32. The molecule has 0 amide bonds. The van der Waals surface area contributed by atoms with Gasteiger partial charge in [-0.1, -0.05) is 12.1 Å². The first-order valence-corrected chi connectivity index (χ1v) is 6.05. The molecule has 0 unspecified atom stereocenters. The van der Waals surface area contributed by atoms with Gasteiger partial charge in [0.05, 0.1) is 11.0 Å². The molecule has 0 bridgehead atoms. The molecule has 0 aromatic heterocycles. The molecule has 0 atom stereocenters. The second-order valence-electron chi connectivity index (χ2n) is 4.53. The fourth-order valence-electron chi connectivity index (χ4n) is 1.98. The molecule has 1 aliphatic rings. The van der Waals surface area contributed by atoms with Crippen LogP contribution >= 0.6 is 0 Å². The van der Waals surface area contributed by atoms with E-state index in [-0.39, 0.29) is 5.69 Å². The number of hydrogen-bond donors (Lipinski definition) is 0. The summed E-state index contributed by atoms with van der Waals surface area (Å²) < 4.78 is 0. The van der Waals surface area contributed by atoms with Crippen molar-refractivity contribution in [1.29, 1.82) is 5.26 Å². The van der Waals surface area contributed by atoms with Gasteiger partial charge in [0, 0.05) is 37.7 Å². The van der Waals surface area contributed by atoms with Gasteiger partial charge in [0.25, 0.3) is 5.69 Å². The third-order valence-corrected chi connectivity index (χ3v) is 3.11. The van der Waals surface area contributed by atoms with E-state index in [4.69, 9.17) is 5.26 Å². The zero-order chi connectivity index (χ0) is 13.0. The van der Waals surface area contributed by atoms with Crippen molar-refractivity contribution >= 4 is 5.69 Å². The number of nitrogens with zero attached hydrogens (tertiary/aromatic N) is 3. The maximum Gasteiger partial charge on any atom is 0.269 e. The van der Waals surface area contributed by atoms with E-state index in [0.29, 0.717) is 12.5 Å². The van der Waals surface area contributed by atoms with Crippen LogP contribution in [0.5, 0.6) is 0 Å². The van der Waals surface area contributed by atoms with Crippen LogP contribution in [-0.4, -0.2) is 22.4 Å². The lowest BCUT2D eigenvalue weighted by Gasteiger charge is -2.20.